The Morgan fingerprint density at radius 1 is 1.28 bits per heavy atom. The van der Waals surface area contributed by atoms with Crippen LogP contribution in [0.25, 0.3) is 0 Å². The van der Waals surface area contributed by atoms with Gasteiger partial charge in [-0.05, 0) is 18.6 Å². The van der Waals surface area contributed by atoms with Crippen LogP contribution in [0.15, 0.2) is 18.2 Å². The molecule has 1 aromatic carbocycles. The third-order valence-electron chi connectivity index (χ3n) is 5.46. The highest BCUT2D eigenvalue weighted by Gasteiger charge is 2.50. The van der Waals surface area contributed by atoms with E-state index in [-0.39, 0.29) is 22.8 Å². The molecule has 3 rings (SSSR count). The minimum atomic E-state index is -0.851. The summed E-state index contributed by atoms with van der Waals surface area (Å²) in [6.07, 6.45) is 0.684. The van der Waals surface area contributed by atoms with Crippen molar-refractivity contribution in [2.75, 3.05) is 39.9 Å². The molecule has 2 aliphatic heterocycles. The van der Waals surface area contributed by atoms with Gasteiger partial charge in [-0.15, -0.1) is 0 Å². The fourth-order valence-corrected chi connectivity index (χ4v) is 4.06. The molecule has 0 spiro atoms. The third-order valence-corrected chi connectivity index (χ3v) is 5.46. The number of amides is 2. The van der Waals surface area contributed by atoms with Crippen molar-refractivity contribution in [2.24, 2.45) is 11.3 Å². The van der Waals surface area contributed by atoms with Crippen molar-refractivity contribution >= 4 is 11.8 Å². The lowest BCUT2D eigenvalue weighted by atomic mass is 9.73. The summed E-state index contributed by atoms with van der Waals surface area (Å²) < 4.78 is 32.4. The summed E-state index contributed by atoms with van der Waals surface area (Å²) in [4.78, 5) is 27.8. The van der Waals surface area contributed by atoms with Gasteiger partial charge in [0.1, 0.15) is 11.6 Å². The zero-order valence-corrected chi connectivity index (χ0v) is 14.4. The van der Waals surface area contributed by atoms with E-state index < -0.39 is 17.5 Å². The van der Waals surface area contributed by atoms with E-state index >= 15 is 0 Å². The van der Waals surface area contributed by atoms with Crippen molar-refractivity contribution in [3.63, 3.8) is 0 Å². The van der Waals surface area contributed by atoms with E-state index in [1.165, 1.54) is 13.0 Å². The molecular formula is C18H22F2N2O3. The lowest BCUT2D eigenvalue weighted by Gasteiger charge is -2.43. The molecule has 7 heteroatoms. The molecule has 25 heavy (non-hydrogen) atoms. The van der Waals surface area contributed by atoms with Gasteiger partial charge in [-0.25, -0.2) is 8.78 Å². The number of fused-ring (bicyclic) bond motifs is 1. The van der Waals surface area contributed by atoms with Crippen LogP contribution in [-0.4, -0.2) is 61.5 Å². The third kappa shape index (κ3) is 3.25. The number of rotatable bonds is 3. The molecule has 2 aliphatic rings. The molecular weight excluding hydrogens is 330 g/mol. The first-order valence-corrected chi connectivity index (χ1v) is 8.35. The van der Waals surface area contributed by atoms with Crippen molar-refractivity contribution < 1.29 is 23.1 Å². The van der Waals surface area contributed by atoms with E-state index in [2.05, 4.69) is 0 Å². The van der Waals surface area contributed by atoms with Crippen LogP contribution in [0, 0.1) is 23.0 Å². The Hall–Kier alpha value is -2.02. The second kappa shape index (κ2) is 6.71. The maximum absolute atomic E-state index is 13.9. The largest absolute Gasteiger partial charge is 0.384 e. The number of hydrogen-bond donors (Lipinski definition) is 0. The van der Waals surface area contributed by atoms with E-state index in [0.717, 1.165) is 12.1 Å². The highest BCUT2D eigenvalue weighted by atomic mass is 19.1. The van der Waals surface area contributed by atoms with Gasteiger partial charge >= 0.3 is 0 Å². The lowest BCUT2D eigenvalue weighted by Crippen LogP contribution is -2.51. The Bertz CT molecular complexity index is 697. The average Bonchev–Trinajstić information content (AvgIpc) is 2.93. The summed E-state index contributed by atoms with van der Waals surface area (Å²) in [5.74, 6) is -1.91. The first-order valence-electron chi connectivity index (χ1n) is 8.35. The van der Waals surface area contributed by atoms with Crippen molar-refractivity contribution in [2.45, 2.75) is 13.3 Å². The topological polar surface area (TPSA) is 49.9 Å². The Morgan fingerprint density at radius 3 is 2.64 bits per heavy atom. The normalized spacial score (nSPS) is 25.8. The molecule has 0 aromatic heterocycles. The Labute approximate surface area is 145 Å². The summed E-state index contributed by atoms with van der Waals surface area (Å²) in [6, 6.07) is 2.99. The number of nitrogens with zero attached hydrogens (tertiary/aromatic N) is 2. The number of benzene rings is 1. The summed E-state index contributed by atoms with van der Waals surface area (Å²) in [6.45, 7) is 4.13. The predicted molar refractivity (Wildman–Crippen MR) is 86.9 cm³/mol. The number of methoxy groups -OCH3 is 1. The van der Waals surface area contributed by atoms with Crippen molar-refractivity contribution in [3.8, 4) is 0 Å². The van der Waals surface area contributed by atoms with Crippen molar-refractivity contribution in [1.29, 1.82) is 0 Å². The van der Waals surface area contributed by atoms with Crippen LogP contribution in [0.4, 0.5) is 8.78 Å². The molecule has 2 atom stereocenters. The van der Waals surface area contributed by atoms with Gasteiger partial charge < -0.3 is 14.5 Å². The molecule has 0 saturated carbocycles. The number of carbonyl (C=O) groups excluding carboxylic acids is 2. The maximum atomic E-state index is 13.9. The van der Waals surface area contributed by atoms with Crippen LogP contribution < -0.4 is 0 Å². The van der Waals surface area contributed by atoms with E-state index in [1.807, 2.05) is 0 Å². The van der Waals surface area contributed by atoms with Crippen LogP contribution in [0.5, 0.6) is 0 Å². The minimum Gasteiger partial charge on any atom is -0.384 e. The zero-order chi connectivity index (χ0) is 18.2. The van der Waals surface area contributed by atoms with Gasteiger partial charge in [0, 0.05) is 57.6 Å². The van der Waals surface area contributed by atoms with Crippen LogP contribution in [-0.2, 0) is 9.53 Å². The average molecular weight is 352 g/mol. The molecule has 0 aliphatic carbocycles. The minimum absolute atomic E-state index is 0.00679. The summed E-state index contributed by atoms with van der Waals surface area (Å²) in [7, 11) is 1.63. The van der Waals surface area contributed by atoms with Gasteiger partial charge in [-0.3, -0.25) is 9.59 Å². The van der Waals surface area contributed by atoms with Crippen LogP contribution in [0.1, 0.15) is 23.7 Å². The number of carbonyl (C=O) groups is 2. The number of halogens is 2. The Kier molecular flexibility index (Phi) is 4.77. The Morgan fingerprint density at radius 2 is 2.00 bits per heavy atom. The van der Waals surface area contributed by atoms with Crippen LogP contribution >= 0.6 is 0 Å². The molecule has 2 heterocycles. The van der Waals surface area contributed by atoms with E-state index in [1.54, 1.807) is 16.9 Å². The van der Waals surface area contributed by atoms with Crippen molar-refractivity contribution in [1.82, 2.24) is 9.80 Å². The van der Waals surface area contributed by atoms with E-state index in [0.29, 0.717) is 39.2 Å². The second-order valence-electron chi connectivity index (χ2n) is 7.02. The highest BCUT2D eigenvalue weighted by Crippen LogP contribution is 2.43. The number of ether oxygens (including phenoxy) is 1. The van der Waals surface area contributed by atoms with E-state index in [9.17, 15) is 18.4 Å². The maximum Gasteiger partial charge on any atom is 0.256 e. The molecule has 2 saturated heterocycles. The smallest absolute Gasteiger partial charge is 0.256 e. The number of likely N-dealkylation sites (tertiary alicyclic amines) is 2. The van der Waals surface area contributed by atoms with Gasteiger partial charge in [0.15, 0.2) is 0 Å². The van der Waals surface area contributed by atoms with Gasteiger partial charge in [0.25, 0.3) is 5.91 Å². The second-order valence-corrected chi connectivity index (χ2v) is 7.02. The lowest BCUT2D eigenvalue weighted by molar-refractivity contribution is -0.128. The zero-order valence-electron chi connectivity index (χ0n) is 14.4. The fraction of sp³-hybridized carbons (Fsp3) is 0.556. The van der Waals surface area contributed by atoms with Crippen LogP contribution in [0.2, 0.25) is 0 Å². The standard InChI is InChI=1S/C18H22F2N2O3/c1-12(23)22-9-13-8-21(6-5-18(13,10-22)11-25-2)17(24)15-4-3-14(19)7-16(15)20/h3-4,7,13H,5-6,8-11H2,1-2H3/t13-,18+/m1/s1. The first-order chi connectivity index (χ1) is 11.9. The van der Waals surface area contributed by atoms with Gasteiger partial charge in [-0.2, -0.15) is 0 Å². The molecule has 0 N–H and O–H groups in total. The van der Waals surface area contributed by atoms with Gasteiger partial charge in [0.2, 0.25) is 5.91 Å². The Balaban J connectivity index is 1.79. The molecule has 2 amide bonds. The molecule has 136 valence electrons. The molecule has 0 radical (unpaired) electrons. The quantitative estimate of drug-likeness (QED) is 0.835. The van der Waals surface area contributed by atoms with Crippen LogP contribution in [0.3, 0.4) is 0 Å². The number of piperidine rings is 1. The van der Waals surface area contributed by atoms with Gasteiger partial charge in [0.05, 0.1) is 12.2 Å². The molecule has 2 fully saturated rings. The molecule has 5 nitrogen and oxygen atoms in total. The first kappa shape index (κ1) is 17.8. The highest BCUT2D eigenvalue weighted by molar-refractivity contribution is 5.94. The van der Waals surface area contributed by atoms with Crippen molar-refractivity contribution in [3.05, 3.63) is 35.4 Å². The monoisotopic (exact) mass is 352 g/mol. The predicted octanol–water partition coefficient (Wildman–Crippen LogP) is 1.92. The summed E-state index contributed by atoms with van der Waals surface area (Å²) in [5.41, 5.74) is -0.291. The fourth-order valence-electron chi connectivity index (χ4n) is 4.06. The molecule has 1 aromatic rings. The van der Waals surface area contributed by atoms with Gasteiger partial charge in [-0.1, -0.05) is 0 Å². The molecule has 0 unspecified atom stereocenters. The summed E-state index contributed by atoms with van der Waals surface area (Å²) >= 11 is 0. The molecule has 0 bridgehead atoms. The SMILES string of the molecule is COC[C@@]12CCN(C(=O)c3ccc(F)cc3F)C[C@@H]1CN(C(C)=O)C2. The summed E-state index contributed by atoms with van der Waals surface area (Å²) in [5, 5.41) is 0. The van der Waals surface area contributed by atoms with E-state index in [4.69, 9.17) is 4.74 Å². The number of hydrogen-bond acceptors (Lipinski definition) is 3.